The summed E-state index contributed by atoms with van der Waals surface area (Å²) in [6.07, 6.45) is 0. The van der Waals surface area contributed by atoms with E-state index in [-0.39, 0.29) is 0 Å². The fourth-order valence-corrected chi connectivity index (χ4v) is 3.64. The Balaban J connectivity index is 2.12. The number of hydrogen-bond acceptors (Lipinski definition) is 1. The third-order valence-corrected chi connectivity index (χ3v) is 4.89. The van der Waals surface area contributed by atoms with Gasteiger partial charge in [-0.15, -0.1) is 11.3 Å². The number of hydrogen-bond donors (Lipinski definition) is 0. The molecular weight excluding hydrogens is 219 g/mol. The first-order chi connectivity index (χ1) is 7.25. The lowest BCUT2D eigenvalue weighted by molar-refractivity contribution is 0.890. The van der Waals surface area contributed by atoms with Crippen molar-refractivity contribution >= 4 is 30.5 Å². The van der Waals surface area contributed by atoms with Gasteiger partial charge in [-0.2, -0.15) is 0 Å². The van der Waals surface area contributed by atoms with Gasteiger partial charge in [0.15, 0.2) is 0 Å². The van der Waals surface area contributed by atoms with Gasteiger partial charge in [0, 0.05) is 4.88 Å². The first kappa shape index (κ1) is 10.9. The van der Waals surface area contributed by atoms with Crippen molar-refractivity contribution in [2.45, 2.75) is 19.8 Å². The molecule has 0 spiro atoms. The van der Waals surface area contributed by atoms with Crippen LogP contribution in [0.2, 0.25) is 0 Å². The van der Waals surface area contributed by atoms with Crippen molar-refractivity contribution in [1.29, 1.82) is 0 Å². The summed E-state index contributed by atoms with van der Waals surface area (Å²) in [6, 6.07) is 13.0. The summed E-state index contributed by atoms with van der Waals surface area (Å²) in [5.41, 5.74) is 0. The van der Waals surface area contributed by atoms with Crippen LogP contribution in [-0.4, -0.2) is 0 Å². The van der Waals surface area contributed by atoms with Crippen LogP contribution in [0.3, 0.4) is 0 Å². The van der Waals surface area contributed by atoms with Gasteiger partial charge >= 0.3 is 0 Å². The van der Waals surface area contributed by atoms with Crippen molar-refractivity contribution < 1.29 is 0 Å². The molecule has 1 atom stereocenters. The van der Waals surface area contributed by atoms with Gasteiger partial charge in [0.05, 0.1) is 0 Å². The SMILES string of the molecule is CC(C)c1cc(Pc2ccccc2)cs1. The van der Waals surface area contributed by atoms with Crippen molar-refractivity contribution in [3.63, 3.8) is 0 Å². The molecule has 1 aromatic carbocycles. The second-order valence-electron chi connectivity index (χ2n) is 3.88. The van der Waals surface area contributed by atoms with Crippen LogP contribution in [0.1, 0.15) is 24.6 Å². The van der Waals surface area contributed by atoms with E-state index >= 15 is 0 Å². The van der Waals surface area contributed by atoms with Gasteiger partial charge in [-0.25, -0.2) is 0 Å². The second-order valence-corrected chi connectivity index (χ2v) is 6.23. The summed E-state index contributed by atoms with van der Waals surface area (Å²) in [5, 5.41) is 5.18. The smallest absolute Gasteiger partial charge is 0.00772 e. The highest BCUT2D eigenvalue weighted by Crippen LogP contribution is 2.22. The zero-order valence-corrected chi connectivity index (χ0v) is 10.8. The minimum Gasteiger partial charge on any atom is -0.148 e. The molecule has 1 aromatic heterocycles. The Morgan fingerprint density at radius 2 is 1.80 bits per heavy atom. The normalized spacial score (nSPS) is 11.7. The lowest BCUT2D eigenvalue weighted by atomic mass is 10.2. The zero-order chi connectivity index (χ0) is 10.7. The van der Waals surface area contributed by atoms with Crippen molar-refractivity contribution in [3.8, 4) is 0 Å². The Labute approximate surface area is 97.1 Å². The average Bonchev–Trinajstić information content (AvgIpc) is 2.68. The predicted molar refractivity (Wildman–Crippen MR) is 72.4 cm³/mol. The maximum atomic E-state index is 2.35. The maximum Gasteiger partial charge on any atom is 0.00772 e. The highest BCUT2D eigenvalue weighted by Gasteiger charge is 2.03. The fraction of sp³-hybridized carbons (Fsp3) is 0.231. The van der Waals surface area contributed by atoms with Gasteiger partial charge in [0.2, 0.25) is 0 Å². The van der Waals surface area contributed by atoms with E-state index < -0.39 is 0 Å². The second kappa shape index (κ2) is 4.92. The first-order valence-corrected chi connectivity index (χ1v) is 7.04. The molecule has 0 nitrogen and oxygen atoms in total. The molecule has 0 aliphatic carbocycles. The summed E-state index contributed by atoms with van der Waals surface area (Å²) in [6.45, 7) is 4.50. The highest BCUT2D eigenvalue weighted by molar-refractivity contribution is 7.56. The van der Waals surface area contributed by atoms with E-state index in [2.05, 4.69) is 55.6 Å². The van der Waals surface area contributed by atoms with Gasteiger partial charge < -0.3 is 0 Å². The van der Waals surface area contributed by atoms with Crippen LogP contribution in [0, 0.1) is 0 Å². The molecule has 1 heterocycles. The molecule has 0 saturated heterocycles. The molecule has 0 aliphatic rings. The van der Waals surface area contributed by atoms with Crippen molar-refractivity contribution in [3.05, 3.63) is 46.7 Å². The van der Waals surface area contributed by atoms with Gasteiger partial charge in [0.1, 0.15) is 0 Å². The third kappa shape index (κ3) is 2.90. The van der Waals surface area contributed by atoms with Crippen LogP contribution < -0.4 is 10.6 Å². The maximum absolute atomic E-state index is 2.35. The molecule has 0 amide bonds. The molecular formula is C13H15PS. The van der Waals surface area contributed by atoms with Gasteiger partial charge in [-0.3, -0.25) is 0 Å². The summed E-state index contributed by atoms with van der Waals surface area (Å²) in [7, 11) is 0.801. The molecule has 0 bridgehead atoms. The van der Waals surface area contributed by atoms with E-state index in [1.807, 2.05) is 11.3 Å². The summed E-state index contributed by atoms with van der Waals surface area (Å²) in [4.78, 5) is 1.49. The van der Waals surface area contributed by atoms with Crippen molar-refractivity contribution in [2.75, 3.05) is 0 Å². The van der Waals surface area contributed by atoms with Crippen LogP contribution in [-0.2, 0) is 0 Å². The topological polar surface area (TPSA) is 0 Å². The van der Waals surface area contributed by atoms with Crippen molar-refractivity contribution in [2.24, 2.45) is 0 Å². The molecule has 2 heteroatoms. The van der Waals surface area contributed by atoms with Crippen LogP contribution in [0.15, 0.2) is 41.8 Å². The number of benzene rings is 1. The molecule has 1 unspecified atom stereocenters. The zero-order valence-electron chi connectivity index (χ0n) is 9.03. The average molecular weight is 234 g/mol. The highest BCUT2D eigenvalue weighted by atomic mass is 32.1. The molecule has 2 rings (SSSR count). The van der Waals surface area contributed by atoms with E-state index in [1.165, 1.54) is 15.5 Å². The standard InChI is InChI=1S/C13H15PS/c1-10(2)13-8-12(9-15-13)14-11-6-4-3-5-7-11/h3-10,14H,1-2H3. The first-order valence-electron chi connectivity index (χ1n) is 5.16. The molecule has 2 aromatic rings. The largest absolute Gasteiger partial charge is 0.148 e. The van der Waals surface area contributed by atoms with Crippen LogP contribution in [0.25, 0.3) is 0 Å². The molecule has 0 radical (unpaired) electrons. The molecule has 0 aliphatic heterocycles. The van der Waals surface area contributed by atoms with E-state index in [4.69, 9.17) is 0 Å². The lowest BCUT2D eigenvalue weighted by Crippen LogP contribution is -1.99. The third-order valence-electron chi connectivity index (χ3n) is 2.25. The minimum absolute atomic E-state index is 0.657. The van der Waals surface area contributed by atoms with Gasteiger partial charge in [-0.1, -0.05) is 52.8 Å². The Morgan fingerprint density at radius 3 is 2.40 bits per heavy atom. The van der Waals surface area contributed by atoms with E-state index in [9.17, 15) is 0 Å². The predicted octanol–water partition coefficient (Wildman–Crippen LogP) is 3.50. The van der Waals surface area contributed by atoms with Gasteiger partial charge in [0.25, 0.3) is 0 Å². The van der Waals surface area contributed by atoms with E-state index in [0.29, 0.717) is 5.92 Å². The Hall–Kier alpha value is -0.650. The molecule has 0 N–H and O–H groups in total. The summed E-state index contributed by atoms with van der Waals surface area (Å²) in [5.74, 6) is 0.657. The monoisotopic (exact) mass is 234 g/mol. The minimum atomic E-state index is 0.657. The molecule has 0 fully saturated rings. The fourth-order valence-electron chi connectivity index (χ4n) is 1.41. The Bertz CT molecular complexity index is 417. The lowest BCUT2D eigenvalue weighted by Gasteiger charge is -1.99. The summed E-state index contributed by atoms with van der Waals surface area (Å²) < 4.78 is 0. The Morgan fingerprint density at radius 1 is 1.07 bits per heavy atom. The molecule has 15 heavy (non-hydrogen) atoms. The van der Waals surface area contributed by atoms with Crippen LogP contribution in [0.5, 0.6) is 0 Å². The van der Waals surface area contributed by atoms with Crippen LogP contribution >= 0.6 is 19.9 Å². The summed E-state index contributed by atoms with van der Waals surface area (Å²) >= 11 is 1.88. The number of thiophene rings is 1. The van der Waals surface area contributed by atoms with Crippen molar-refractivity contribution in [1.82, 2.24) is 0 Å². The van der Waals surface area contributed by atoms with Gasteiger partial charge in [-0.05, 0) is 28.0 Å². The molecule has 78 valence electrons. The quantitative estimate of drug-likeness (QED) is 0.713. The molecule has 0 saturated carbocycles. The Kier molecular flexibility index (Phi) is 3.56. The number of rotatable bonds is 3. The van der Waals surface area contributed by atoms with Crippen LogP contribution in [0.4, 0.5) is 0 Å². The van der Waals surface area contributed by atoms with E-state index in [1.54, 1.807) is 0 Å². The van der Waals surface area contributed by atoms with E-state index in [0.717, 1.165) is 8.58 Å².